The highest BCUT2D eigenvalue weighted by atomic mass is 32.1. The minimum absolute atomic E-state index is 0.173. The Balaban J connectivity index is 1.05. The summed E-state index contributed by atoms with van der Waals surface area (Å²) in [7, 11) is 0. The summed E-state index contributed by atoms with van der Waals surface area (Å²) in [6.45, 7) is 7.78. The molecule has 6 nitrogen and oxygen atoms in total. The molecule has 2 aliphatic rings. The van der Waals surface area contributed by atoms with Crippen LogP contribution in [0.4, 0.5) is 0 Å². The van der Waals surface area contributed by atoms with Crippen LogP contribution in [0.5, 0.6) is 5.75 Å². The zero-order valence-corrected chi connectivity index (χ0v) is 21.0. The highest BCUT2D eigenvalue weighted by Crippen LogP contribution is 2.22. The third-order valence-corrected chi connectivity index (χ3v) is 7.66. The van der Waals surface area contributed by atoms with E-state index in [2.05, 4.69) is 50.5 Å². The lowest BCUT2D eigenvalue weighted by atomic mass is 10.1. The number of rotatable bonds is 8. The summed E-state index contributed by atoms with van der Waals surface area (Å²) in [6.07, 6.45) is 6.25. The molecule has 3 aromatic rings. The fourth-order valence-corrected chi connectivity index (χ4v) is 5.59. The fourth-order valence-electron chi connectivity index (χ4n) is 4.93. The Morgan fingerprint density at radius 2 is 1.66 bits per heavy atom. The van der Waals surface area contributed by atoms with E-state index in [9.17, 15) is 4.79 Å². The third-order valence-electron chi connectivity index (χ3n) is 6.93. The molecule has 0 unspecified atom stereocenters. The van der Waals surface area contributed by atoms with Crippen molar-refractivity contribution in [1.82, 2.24) is 19.7 Å². The molecule has 0 saturated carbocycles. The first kappa shape index (κ1) is 24.0. The number of pyridine rings is 1. The minimum atomic E-state index is 0.173. The lowest BCUT2D eigenvalue weighted by molar-refractivity contribution is -0.132. The van der Waals surface area contributed by atoms with E-state index < -0.39 is 0 Å². The monoisotopic (exact) mass is 490 g/mol. The zero-order chi connectivity index (χ0) is 23.9. The van der Waals surface area contributed by atoms with Crippen LogP contribution in [0, 0.1) is 0 Å². The predicted molar refractivity (Wildman–Crippen MR) is 139 cm³/mol. The molecule has 35 heavy (non-hydrogen) atoms. The average molecular weight is 491 g/mol. The van der Waals surface area contributed by atoms with Gasteiger partial charge in [-0.15, -0.1) is 0 Å². The SMILES string of the molecule is O=C(Cc1ccsc1)N1CCC(Oc2cccc(CN3CCN(Cc4cccnc4)CC3)c2)CC1. The Bertz CT molecular complexity index is 1060. The van der Waals surface area contributed by atoms with Crippen LogP contribution in [-0.4, -0.2) is 71.0 Å². The van der Waals surface area contributed by atoms with Crippen molar-refractivity contribution >= 4 is 17.2 Å². The minimum Gasteiger partial charge on any atom is -0.490 e. The van der Waals surface area contributed by atoms with Crippen molar-refractivity contribution in [3.05, 3.63) is 82.3 Å². The van der Waals surface area contributed by atoms with Crippen molar-refractivity contribution in [2.45, 2.75) is 38.5 Å². The van der Waals surface area contributed by atoms with Gasteiger partial charge in [0.1, 0.15) is 11.9 Å². The maximum Gasteiger partial charge on any atom is 0.227 e. The Labute approximate surface area is 212 Å². The van der Waals surface area contributed by atoms with Crippen LogP contribution in [0.1, 0.15) is 29.5 Å². The second kappa shape index (κ2) is 11.8. The van der Waals surface area contributed by atoms with Crippen LogP contribution < -0.4 is 4.74 Å². The number of benzene rings is 1. The van der Waals surface area contributed by atoms with E-state index in [0.717, 1.165) is 76.5 Å². The number of amides is 1. The zero-order valence-electron chi connectivity index (χ0n) is 20.2. The topological polar surface area (TPSA) is 48.9 Å². The lowest BCUT2D eigenvalue weighted by Crippen LogP contribution is -2.45. The molecule has 4 heterocycles. The van der Waals surface area contributed by atoms with Crippen LogP contribution in [0.3, 0.4) is 0 Å². The number of piperazine rings is 1. The van der Waals surface area contributed by atoms with Crippen molar-refractivity contribution < 1.29 is 9.53 Å². The van der Waals surface area contributed by atoms with Gasteiger partial charge in [-0.1, -0.05) is 18.2 Å². The van der Waals surface area contributed by atoms with E-state index in [4.69, 9.17) is 4.74 Å². The summed E-state index contributed by atoms with van der Waals surface area (Å²) in [4.78, 5) is 23.8. The molecule has 7 heteroatoms. The number of aromatic nitrogens is 1. The van der Waals surface area contributed by atoms with Gasteiger partial charge in [-0.2, -0.15) is 11.3 Å². The molecular formula is C28H34N4O2S. The van der Waals surface area contributed by atoms with Gasteiger partial charge in [-0.25, -0.2) is 0 Å². The van der Waals surface area contributed by atoms with Gasteiger partial charge in [-0.05, 0) is 51.7 Å². The average Bonchev–Trinajstić information content (AvgIpc) is 3.40. The second-order valence-corrected chi connectivity index (χ2v) is 10.3. The summed E-state index contributed by atoms with van der Waals surface area (Å²) in [6, 6.07) is 14.7. The molecule has 0 aliphatic carbocycles. The molecule has 2 saturated heterocycles. The summed E-state index contributed by atoms with van der Waals surface area (Å²) >= 11 is 1.64. The van der Waals surface area contributed by atoms with E-state index in [1.165, 1.54) is 11.1 Å². The number of carbonyl (C=O) groups is 1. The number of piperidine rings is 1. The number of nitrogens with zero attached hydrogens (tertiary/aromatic N) is 4. The Morgan fingerprint density at radius 1 is 0.914 bits per heavy atom. The van der Waals surface area contributed by atoms with E-state index >= 15 is 0 Å². The van der Waals surface area contributed by atoms with Crippen molar-refractivity contribution in [1.29, 1.82) is 0 Å². The van der Waals surface area contributed by atoms with E-state index in [0.29, 0.717) is 6.42 Å². The number of likely N-dealkylation sites (tertiary alicyclic amines) is 1. The fraction of sp³-hybridized carbons (Fsp3) is 0.429. The number of hydrogen-bond donors (Lipinski definition) is 0. The van der Waals surface area contributed by atoms with Gasteiger partial charge < -0.3 is 9.64 Å². The van der Waals surface area contributed by atoms with Crippen LogP contribution in [-0.2, 0) is 24.3 Å². The standard InChI is InChI=1S/C28H34N4O2S/c33-28(18-24-8-16-35-22-24)32-10-6-26(7-11-32)34-27-5-1-3-23(17-27)20-30-12-14-31(15-13-30)21-25-4-2-9-29-19-25/h1-5,8-9,16-17,19,22,26H,6-7,10-15,18,20-21H2. The first-order valence-corrected chi connectivity index (χ1v) is 13.5. The molecule has 5 rings (SSSR count). The van der Waals surface area contributed by atoms with Crippen molar-refractivity contribution in [3.63, 3.8) is 0 Å². The van der Waals surface area contributed by atoms with Crippen LogP contribution in [0.15, 0.2) is 65.6 Å². The van der Waals surface area contributed by atoms with Crippen LogP contribution >= 0.6 is 11.3 Å². The molecule has 2 fully saturated rings. The summed E-state index contributed by atoms with van der Waals surface area (Å²) < 4.78 is 6.33. The van der Waals surface area contributed by atoms with Gasteiger partial charge in [0.05, 0.1) is 6.42 Å². The molecule has 1 aromatic carbocycles. The number of thiophene rings is 1. The summed E-state index contributed by atoms with van der Waals surface area (Å²) in [5.74, 6) is 1.17. The van der Waals surface area contributed by atoms with Gasteiger partial charge in [-0.3, -0.25) is 19.6 Å². The Kier molecular flexibility index (Phi) is 8.08. The Hall–Kier alpha value is -2.74. The van der Waals surface area contributed by atoms with Crippen molar-refractivity contribution in [2.75, 3.05) is 39.3 Å². The molecule has 1 amide bonds. The predicted octanol–water partition coefficient (Wildman–Crippen LogP) is 4.07. The maximum atomic E-state index is 12.6. The molecule has 0 radical (unpaired) electrons. The highest BCUT2D eigenvalue weighted by Gasteiger charge is 2.24. The van der Waals surface area contributed by atoms with Gasteiger partial charge in [0.15, 0.2) is 0 Å². The maximum absolute atomic E-state index is 12.6. The van der Waals surface area contributed by atoms with E-state index in [-0.39, 0.29) is 12.0 Å². The molecule has 0 bridgehead atoms. The molecule has 0 atom stereocenters. The largest absolute Gasteiger partial charge is 0.490 e. The molecule has 184 valence electrons. The number of carbonyl (C=O) groups excluding carboxylic acids is 1. The summed E-state index contributed by atoms with van der Waals surface area (Å²) in [5, 5.41) is 4.09. The summed E-state index contributed by atoms with van der Waals surface area (Å²) in [5.41, 5.74) is 3.69. The Morgan fingerprint density at radius 3 is 2.34 bits per heavy atom. The molecule has 0 spiro atoms. The second-order valence-electron chi connectivity index (χ2n) is 9.57. The quantitative estimate of drug-likeness (QED) is 0.476. The van der Waals surface area contributed by atoms with E-state index in [1.807, 2.05) is 34.8 Å². The normalized spacial score (nSPS) is 18.0. The lowest BCUT2D eigenvalue weighted by Gasteiger charge is -2.35. The number of hydrogen-bond acceptors (Lipinski definition) is 6. The van der Waals surface area contributed by atoms with Crippen LogP contribution in [0.25, 0.3) is 0 Å². The van der Waals surface area contributed by atoms with E-state index in [1.54, 1.807) is 11.3 Å². The highest BCUT2D eigenvalue weighted by molar-refractivity contribution is 7.08. The van der Waals surface area contributed by atoms with Gasteiger partial charge in [0.2, 0.25) is 5.91 Å². The third kappa shape index (κ3) is 6.90. The molecular weight excluding hydrogens is 456 g/mol. The van der Waals surface area contributed by atoms with Gasteiger partial charge >= 0.3 is 0 Å². The molecule has 2 aromatic heterocycles. The smallest absolute Gasteiger partial charge is 0.227 e. The number of ether oxygens (including phenoxy) is 1. The first-order chi connectivity index (χ1) is 17.2. The van der Waals surface area contributed by atoms with Crippen molar-refractivity contribution in [2.24, 2.45) is 0 Å². The van der Waals surface area contributed by atoms with Crippen LogP contribution in [0.2, 0.25) is 0 Å². The van der Waals surface area contributed by atoms with Crippen molar-refractivity contribution in [3.8, 4) is 5.75 Å². The molecule has 2 aliphatic heterocycles. The van der Waals surface area contributed by atoms with Gasteiger partial charge in [0, 0.05) is 77.6 Å². The first-order valence-electron chi connectivity index (χ1n) is 12.6. The van der Waals surface area contributed by atoms with Gasteiger partial charge in [0.25, 0.3) is 0 Å². The molecule has 0 N–H and O–H groups in total.